The molecule has 0 aromatic heterocycles. The van der Waals surface area contributed by atoms with E-state index >= 15 is 0 Å². The van der Waals surface area contributed by atoms with Gasteiger partial charge in [0.15, 0.2) is 11.5 Å². The minimum Gasteiger partial charge on any atom is -0.490 e. The zero-order valence-electron chi connectivity index (χ0n) is 12.3. The zero-order valence-corrected chi connectivity index (χ0v) is 13.9. The van der Waals surface area contributed by atoms with Crippen LogP contribution < -0.4 is 9.47 Å². The Morgan fingerprint density at radius 2 is 2.19 bits per heavy atom. The van der Waals surface area contributed by atoms with Gasteiger partial charge in [0.05, 0.1) is 17.6 Å². The highest BCUT2D eigenvalue weighted by molar-refractivity contribution is 9.10. The van der Waals surface area contributed by atoms with Gasteiger partial charge in [0.1, 0.15) is 6.61 Å². The summed E-state index contributed by atoms with van der Waals surface area (Å²) in [7, 11) is 1.75. The first-order valence-corrected chi connectivity index (χ1v) is 7.36. The summed E-state index contributed by atoms with van der Waals surface area (Å²) in [6.07, 6.45) is 1.66. The third kappa shape index (κ3) is 5.77. The average molecular weight is 358 g/mol. The van der Waals surface area contributed by atoms with Crippen LogP contribution in [0, 0.1) is 0 Å². The molecule has 5 nitrogen and oxygen atoms in total. The fourth-order valence-corrected chi connectivity index (χ4v) is 2.46. The molecule has 0 unspecified atom stereocenters. The van der Waals surface area contributed by atoms with Crippen molar-refractivity contribution < 1.29 is 19.4 Å². The van der Waals surface area contributed by atoms with Crippen molar-refractivity contribution in [3.8, 4) is 11.5 Å². The van der Waals surface area contributed by atoms with Gasteiger partial charge in [-0.3, -0.25) is 9.69 Å². The quantitative estimate of drug-likeness (QED) is 0.688. The molecule has 0 fully saturated rings. The maximum absolute atomic E-state index is 10.7. The fourth-order valence-electron chi connectivity index (χ4n) is 1.86. The van der Waals surface area contributed by atoms with Gasteiger partial charge in [-0.2, -0.15) is 0 Å². The Morgan fingerprint density at radius 3 is 2.76 bits per heavy atom. The summed E-state index contributed by atoms with van der Waals surface area (Å²) in [4.78, 5) is 12.4. The number of halogens is 1. The van der Waals surface area contributed by atoms with Gasteiger partial charge < -0.3 is 14.6 Å². The molecule has 0 saturated carbocycles. The van der Waals surface area contributed by atoms with E-state index in [0.717, 1.165) is 10.0 Å². The van der Waals surface area contributed by atoms with Crippen LogP contribution in [0.5, 0.6) is 11.5 Å². The minimum absolute atomic E-state index is 0.0176. The highest BCUT2D eigenvalue weighted by Gasteiger charge is 2.13. The van der Waals surface area contributed by atoms with Gasteiger partial charge in [-0.15, -0.1) is 0 Å². The van der Waals surface area contributed by atoms with E-state index in [-0.39, 0.29) is 6.54 Å². The molecule has 21 heavy (non-hydrogen) atoms. The molecule has 0 saturated heterocycles. The van der Waals surface area contributed by atoms with Gasteiger partial charge in [-0.25, -0.2) is 0 Å². The monoisotopic (exact) mass is 357 g/mol. The Morgan fingerprint density at radius 1 is 1.48 bits per heavy atom. The van der Waals surface area contributed by atoms with Crippen LogP contribution in [0.25, 0.3) is 0 Å². The van der Waals surface area contributed by atoms with Crippen LogP contribution in [0.3, 0.4) is 0 Å². The lowest BCUT2D eigenvalue weighted by Gasteiger charge is -2.18. The van der Waals surface area contributed by atoms with Gasteiger partial charge in [-0.1, -0.05) is 12.7 Å². The predicted molar refractivity (Wildman–Crippen MR) is 85.0 cm³/mol. The summed E-state index contributed by atoms with van der Waals surface area (Å²) in [5.74, 6) is 0.404. The number of ether oxygens (including phenoxy) is 2. The van der Waals surface area contributed by atoms with Crippen molar-refractivity contribution in [2.75, 3.05) is 26.8 Å². The molecule has 0 radical (unpaired) electrons. The molecule has 0 aliphatic rings. The normalized spacial score (nSPS) is 10.5. The molecule has 0 bridgehead atoms. The number of carboxylic acids is 1. The van der Waals surface area contributed by atoms with Crippen molar-refractivity contribution in [1.29, 1.82) is 0 Å². The first-order chi connectivity index (χ1) is 9.97. The second kappa shape index (κ2) is 8.69. The van der Waals surface area contributed by atoms with E-state index in [1.807, 2.05) is 19.1 Å². The van der Waals surface area contributed by atoms with Gasteiger partial charge in [-0.05, 0) is 47.6 Å². The molecule has 0 spiro atoms. The first kappa shape index (κ1) is 17.5. The number of rotatable bonds is 9. The molecule has 116 valence electrons. The SMILES string of the molecule is C=CCOc1c(Br)cc(CN(C)CC(=O)O)cc1OCC. The molecule has 0 aliphatic heterocycles. The van der Waals surface area contributed by atoms with E-state index in [2.05, 4.69) is 22.5 Å². The van der Waals surface area contributed by atoms with Gasteiger partial charge >= 0.3 is 5.97 Å². The molecule has 1 aromatic carbocycles. The molecule has 0 amide bonds. The maximum Gasteiger partial charge on any atom is 0.317 e. The number of benzene rings is 1. The number of carboxylic acid groups (broad SMARTS) is 1. The van der Waals surface area contributed by atoms with Crippen molar-refractivity contribution in [2.24, 2.45) is 0 Å². The van der Waals surface area contributed by atoms with Crippen LogP contribution in [0.4, 0.5) is 0 Å². The van der Waals surface area contributed by atoms with Gasteiger partial charge in [0.2, 0.25) is 0 Å². The van der Waals surface area contributed by atoms with Crippen LogP contribution in [0.1, 0.15) is 12.5 Å². The summed E-state index contributed by atoms with van der Waals surface area (Å²) >= 11 is 3.46. The summed E-state index contributed by atoms with van der Waals surface area (Å²) in [6.45, 7) is 6.91. The number of aliphatic carboxylic acids is 1. The fraction of sp³-hybridized carbons (Fsp3) is 0.400. The lowest BCUT2D eigenvalue weighted by atomic mass is 10.2. The molecular formula is C15H20BrNO4. The van der Waals surface area contributed by atoms with E-state index < -0.39 is 5.97 Å². The second-order valence-electron chi connectivity index (χ2n) is 4.50. The van der Waals surface area contributed by atoms with Crippen LogP contribution in [0.2, 0.25) is 0 Å². The Hall–Kier alpha value is -1.53. The molecule has 0 aliphatic carbocycles. The van der Waals surface area contributed by atoms with Crippen molar-refractivity contribution in [3.05, 3.63) is 34.8 Å². The number of hydrogen-bond donors (Lipinski definition) is 1. The molecule has 1 N–H and O–H groups in total. The summed E-state index contributed by atoms with van der Waals surface area (Å²) in [5, 5.41) is 8.79. The van der Waals surface area contributed by atoms with E-state index in [9.17, 15) is 4.79 Å². The molecule has 0 heterocycles. The standard InChI is InChI=1S/C15H20BrNO4/c1-4-6-21-15-12(16)7-11(8-13(15)20-5-2)9-17(3)10-14(18)19/h4,7-8H,1,5-6,9-10H2,2-3H3,(H,18,19). The Kier molecular flexibility index (Phi) is 7.25. The number of carbonyl (C=O) groups is 1. The topological polar surface area (TPSA) is 59.0 Å². The van der Waals surface area contributed by atoms with Crippen LogP contribution in [-0.2, 0) is 11.3 Å². The minimum atomic E-state index is -0.854. The van der Waals surface area contributed by atoms with E-state index in [1.54, 1.807) is 18.0 Å². The van der Waals surface area contributed by atoms with E-state index in [1.165, 1.54) is 0 Å². The third-order valence-electron chi connectivity index (χ3n) is 2.57. The lowest BCUT2D eigenvalue weighted by molar-refractivity contribution is -0.138. The second-order valence-corrected chi connectivity index (χ2v) is 5.36. The number of hydrogen-bond acceptors (Lipinski definition) is 4. The Bertz CT molecular complexity index is 505. The highest BCUT2D eigenvalue weighted by Crippen LogP contribution is 2.37. The summed E-state index contributed by atoms with van der Waals surface area (Å²) in [5.41, 5.74) is 0.944. The molecule has 6 heteroatoms. The average Bonchev–Trinajstić information content (AvgIpc) is 2.37. The zero-order chi connectivity index (χ0) is 15.8. The predicted octanol–water partition coefficient (Wildman–Crippen LogP) is 2.93. The van der Waals surface area contributed by atoms with Gasteiger partial charge in [0, 0.05) is 6.54 Å². The third-order valence-corrected chi connectivity index (χ3v) is 3.16. The molecular weight excluding hydrogens is 338 g/mol. The highest BCUT2D eigenvalue weighted by atomic mass is 79.9. The van der Waals surface area contributed by atoms with E-state index in [0.29, 0.717) is 31.3 Å². The summed E-state index contributed by atoms with van der Waals surface area (Å²) in [6, 6.07) is 3.77. The van der Waals surface area contributed by atoms with Crippen LogP contribution >= 0.6 is 15.9 Å². The molecule has 0 atom stereocenters. The molecule has 1 aromatic rings. The van der Waals surface area contributed by atoms with E-state index in [4.69, 9.17) is 14.6 Å². The lowest BCUT2D eigenvalue weighted by Crippen LogP contribution is -2.25. The Balaban J connectivity index is 2.96. The number of nitrogens with zero attached hydrogens (tertiary/aromatic N) is 1. The van der Waals surface area contributed by atoms with Crippen LogP contribution in [-0.4, -0.2) is 42.8 Å². The van der Waals surface area contributed by atoms with Gasteiger partial charge in [0.25, 0.3) is 0 Å². The smallest absolute Gasteiger partial charge is 0.317 e. The maximum atomic E-state index is 10.7. The molecule has 1 rings (SSSR count). The largest absolute Gasteiger partial charge is 0.490 e. The van der Waals surface area contributed by atoms with Crippen molar-refractivity contribution in [1.82, 2.24) is 4.90 Å². The van der Waals surface area contributed by atoms with Crippen molar-refractivity contribution in [3.63, 3.8) is 0 Å². The van der Waals surface area contributed by atoms with Crippen molar-refractivity contribution in [2.45, 2.75) is 13.5 Å². The Labute approximate surface area is 133 Å². The van der Waals surface area contributed by atoms with Crippen molar-refractivity contribution >= 4 is 21.9 Å². The first-order valence-electron chi connectivity index (χ1n) is 6.57. The summed E-state index contributed by atoms with van der Waals surface area (Å²) < 4.78 is 12.0. The van der Waals surface area contributed by atoms with Crippen LogP contribution in [0.15, 0.2) is 29.3 Å². The number of likely N-dealkylation sites (N-methyl/N-ethyl adjacent to an activating group) is 1.